The molecule has 0 aliphatic carbocycles. The molecule has 0 atom stereocenters. The number of nitrogens with zero attached hydrogens (tertiary/aromatic N) is 2. The molecule has 0 fully saturated rings. The van der Waals surface area contributed by atoms with E-state index in [4.69, 9.17) is 4.98 Å². The first-order valence-electron chi connectivity index (χ1n) is 9.57. The van der Waals surface area contributed by atoms with E-state index in [1.54, 1.807) is 11.3 Å². The van der Waals surface area contributed by atoms with Gasteiger partial charge in [-0.3, -0.25) is 4.57 Å². The Hall–Kier alpha value is -2.89. The first-order valence-corrected chi connectivity index (χ1v) is 10.4. The molecule has 0 amide bonds. The van der Waals surface area contributed by atoms with Crippen LogP contribution in [0.1, 0.15) is 16.8 Å². The number of aryl methyl sites for hydroxylation is 1. The van der Waals surface area contributed by atoms with Crippen LogP contribution in [0.4, 0.5) is 0 Å². The molecule has 140 valence electrons. The van der Waals surface area contributed by atoms with Gasteiger partial charge in [-0.15, -0.1) is 0 Å². The van der Waals surface area contributed by atoms with Crippen LogP contribution in [-0.2, 0) is 13.0 Å². The molecule has 2 N–H and O–H groups in total. The Morgan fingerprint density at radius 1 is 1.11 bits per heavy atom. The third kappa shape index (κ3) is 3.23. The Morgan fingerprint density at radius 3 is 3.00 bits per heavy atom. The largest absolute Gasteiger partial charge is 0.361 e. The minimum Gasteiger partial charge on any atom is -0.361 e. The van der Waals surface area contributed by atoms with Crippen molar-refractivity contribution in [1.29, 1.82) is 0 Å². The van der Waals surface area contributed by atoms with Gasteiger partial charge in [0.2, 0.25) is 0 Å². The van der Waals surface area contributed by atoms with Crippen LogP contribution in [-0.4, -0.2) is 21.1 Å². The Bertz CT molecular complexity index is 1240. The number of rotatable bonds is 6. The van der Waals surface area contributed by atoms with Gasteiger partial charge in [0.05, 0.1) is 10.2 Å². The van der Waals surface area contributed by atoms with Crippen molar-refractivity contribution >= 4 is 32.5 Å². The molecule has 2 aromatic carbocycles. The van der Waals surface area contributed by atoms with Crippen molar-refractivity contribution in [2.45, 2.75) is 19.9 Å². The summed E-state index contributed by atoms with van der Waals surface area (Å²) in [5, 5.41) is 5.93. The third-order valence-electron chi connectivity index (χ3n) is 5.12. The molecule has 0 aliphatic rings. The van der Waals surface area contributed by atoms with Gasteiger partial charge < -0.3 is 10.3 Å². The molecule has 4 nitrogen and oxygen atoms in total. The SMILES string of the molecule is Cc1ccc2nc(-n3cccc3CNCCc3c[nH]c4ccccc34)sc2c1. The topological polar surface area (TPSA) is 45.6 Å². The van der Waals surface area contributed by atoms with Crippen molar-refractivity contribution in [2.75, 3.05) is 6.54 Å². The zero-order valence-corrected chi connectivity index (χ0v) is 16.6. The molecule has 28 heavy (non-hydrogen) atoms. The van der Waals surface area contributed by atoms with Crippen molar-refractivity contribution in [3.8, 4) is 5.13 Å². The number of para-hydroxylation sites is 1. The quantitative estimate of drug-likeness (QED) is 0.394. The lowest BCUT2D eigenvalue weighted by molar-refractivity contribution is 0.667. The molecule has 3 heterocycles. The zero-order chi connectivity index (χ0) is 18.9. The first-order chi connectivity index (χ1) is 13.8. The molecule has 0 bridgehead atoms. The van der Waals surface area contributed by atoms with Crippen molar-refractivity contribution in [2.24, 2.45) is 0 Å². The number of nitrogens with one attached hydrogen (secondary N) is 2. The Morgan fingerprint density at radius 2 is 2.04 bits per heavy atom. The van der Waals surface area contributed by atoms with Gasteiger partial charge in [-0.05, 0) is 61.3 Å². The van der Waals surface area contributed by atoms with E-state index < -0.39 is 0 Å². The molecule has 0 unspecified atom stereocenters. The number of benzene rings is 2. The Balaban J connectivity index is 1.27. The maximum Gasteiger partial charge on any atom is 0.194 e. The lowest BCUT2D eigenvalue weighted by Gasteiger charge is -2.07. The number of H-pyrrole nitrogens is 1. The second-order valence-corrected chi connectivity index (χ2v) is 8.13. The van der Waals surface area contributed by atoms with E-state index in [1.807, 2.05) is 0 Å². The van der Waals surface area contributed by atoms with Gasteiger partial charge in [0.1, 0.15) is 0 Å². The first kappa shape index (κ1) is 17.2. The standard InChI is InChI=1S/C23H22N4S/c1-16-8-9-21-22(13-16)28-23(26-21)27-12-4-5-18(27)15-24-11-10-17-14-25-20-7-3-2-6-19(17)20/h2-9,12-14,24-25H,10-11,15H2,1H3. The highest BCUT2D eigenvalue weighted by Gasteiger charge is 2.09. The van der Waals surface area contributed by atoms with Crippen molar-refractivity contribution < 1.29 is 0 Å². The van der Waals surface area contributed by atoms with E-state index in [9.17, 15) is 0 Å². The summed E-state index contributed by atoms with van der Waals surface area (Å²) < 4.78 is 3.43. The molecule has 5 heteroatoms. The van der Waals surface area contributed by atoms with Gasteiger partial charge >= 0.3 is 0 Å². The fourth-order valence-corrected chi connectivity index (χ4v) is 4.73. The highest BCUT2D eigenvalue weighted by Crippen LogP contribution is 2.27. The smallest absolute Gasteiger partial charge is 0.194 e. The van der Waals surface area contributed by atoms with E-state index in [1.165, 1.54) is 32.4 Å². The number of fused-ring (bicyclic) bond motifs is 2. The second-order valence-electron chi connectivity index (χ2n) is 7.12. The lowest BCUT2D eigenvalue weighted by Crippen LogP contribution is -2.18. The Labute approximate surface area is 167 Å². The summed E-state index contributed by atoms with van der Waals surface area (Å²) >= 11 is 1.74. The zero-order valence-electron chi connectivity index (χ0n) is 15.8. The normalized spacial score (nSPS) is 11.6. The number of aromatic amines is 1. The van der Waals surface area contributed by atoms with Gasteiger partial charge in [0, 0.05) is 35.5 Å². The molecule has 0 radical (unpaired) electrons. The van der Waals surface area contributed by atoms with Crippen molar-refractivity contribution in [1.82, 2.24) is 19.9 Å². The fraction of sp³-hybridized carbons (Fsp3) is 0.174. The van der Waals surface area contributed by atoms with Gasteiger partial charge in [0.25, 0.3) is 0 Å². The highest BCUT2D eigenvalue weighted by atomic mass is 32.1. The summed E-state index contributed by atoms with van der Waals surface area (Å²) in [6, 6.07) is 19.2. The van der Waals surface area contributed by atoms with Crippen molar-refractivity contribution in [3.63, 3.8) is 0 Å². The van der Waals surface area contributed by atoms with E-state index in [0.717, 1.165) is 30.2 Å². The van der Waals surface area contributed by atoms with Crippen LogP contribution in [0.2, 0.25) is 0 Å². The minimum atomic E-state index is 0.824. The van der Waals surface area contributed by atoms with Gasteiger partial charge in [-0.2, -0.15) is 0 Å². The van der Waals surface area contributed by atoms with Crippen LogP contribution >= 0.6 is 11.3 Å². The minimum absolute atomic E-state index is 0.824. The molecular formula is C23H22N4S. The molecule has 5 aromatic rings. The molecule has 3 aromatic heterocycles. The highest BCUT2D eigenvalue weighted by molar-refractivity contribution is 7.20. The number of hydrogen-bond donors (Lipinski definition) is 2. The van der Waals surface area contributed by atoms with Crippen LogP contribution in [0, 0.1) is 6.92 Å². The Kier molecular flexibility index (Phi) is 4.47. The third-order valence-corrected chi connectivity index (χ3v) is 6.14. The average molecular weight is 387 g/mol. The van der Waals surface area contributed by atoms with E-state index in [2.05, 4.69) is 88.8 Å². The van der Waals surface area contributed by atoms with Crippen LogP contribution in [0.5, 0.6) is 0 Å². The predicted octanol–water partition coefficient (Wildman–Crippen LogP) is 5.21. The van der Waals surface area contributed by atoms with Crippen LogP contribution in [0.15, 0.2) is 67.0 Å². The fourth-order valence-electron chi connectivity index (χ4n) is 3.65. The molecule has 0 aliphatic heterocycles. The van der Waals surface area contributed by atoms with Crippen molar-refractivity contribution in [3.05, 3.63) is 83.8 Å². The van der Waals surface area contributed by atoms with Gasteiger partial charge in [-0.1, -0.05) is 35.6 Å². The molecule has 5 rings (SSSR count). The summed E-state index contributed by atoms with van der Waals surface area (Å²) in [6.45, 7) is 3.88. The summed E-state index contributed by atoms with van der Waals surface area (Å²) in [7, 11) is 0. The summed E-state index contributed by atoms with van der Waals surface area (Å²) in [5.41, 5.74) is 6.14. The summed E-state index contributed by atoms with van der Waals surface area (Å²) in [5.74, 6) is 0. The van der Waals surface area contributed by atoms with Gasteiger partial charge in [0.15, 0.2) is 5.13 Å². The molecule has 0 saturated carbocycles. The van der Waals surface area contributed by atoms with Crippen LogP contribution in [0.25, 0.3) is 26.3 Å². The maximum absolute atomic E-state index is 4.81. The molecular weight excluding hydrogens is 364 g/mol. The lowest BCUT2D eigenvalue weighted by atomic mass is 10.1. The molecule has 0 spiro atoms. The average Bonchev–Trinajstić information content (AvgIpc) is 3.42. The predicted molar refractivity (Wildman–Crippen MR) is 117 cm³/mol. The van der Waals surface area contributed by atoms with Crippen LogP contribution in [0.3, 0.4) is 0 Å². The number of thiazole rings is 1. The molecule has 0 saturated heterocycles. The van der Waals surface area contributed by atoms with Crippen LogP contribution < -0.4 is 5.32 Å². The number of hydrogen-bond acceptors (Lipinski definition) is 3. The van der Waals surface area contributed by atoms with E-state index in [-0.39, 0.29) is 0 Å². The summed E-state index contributed by atoms with van der Waals surface area (Å²) in [6.07, 6.45) is 5.23. The van der Waals surface area contributed by atoms with E-state index in [0.29, 0.717) is 0 Å². The monoisotopic (exact) mass is 386 g/mol. The maximum atomic E-state index is 4.81. The van der Waals surface area contributed by atoms with Gasteiger partial charge in [-0.25, -0.2) is 4.98 Å². The van der Waals surface area contributed by atoms with E-state index >= 15 is 0 Å². The summed E-state index contributed by atoms with van der Waals surface area (Å²) in [4.78, 5) is 8.16. The number of aromatic nitrogens is 3. The second kappa shape index (κ2) is 7.26.